The molecule has 0 aliphatic carbocycles. The van der Waals surface area contributed by atoms with Gasteiger partial charge in [0.15, 0.2) is 51.7 Å². The first-order valence-corrected chi connectivity index (χ1v) is 29.2. The van der Waals surface area contributed by atoms with Crippen molar-refractivity contribution in [3.05, 3.63) is 146 Å². The van der Waals surface area contributed by atoms with Gasteiger partial charge in [-0.3, -0.25) is 14.4 Å². The second kappa shape index (κ2) is 25.6. The number of rotatable bonds is 15. The lowest BCUT2D eigenvalue weighted by atomic mass is 10.1. The molecule has 12 aromatic rings. The smallest absolute Gasteiger partial charge is 0.251 e. The van der Waals surface area contributed by atoms with E-state index in [1.54, 1.807) is 68.9 Å². The van der Waals surface area contributed by atoms with E-state index < -0.39 is 17.7 Å². The van der Waals surface area contributed by atoms with Crippen LogP contribution in [-0.4, -0.2) is 131 Å². The molecule has 0 spiro atoms. The predicted molar refractivity (Wildman–Crippen MR) is 332 cm³/mol. The molecule has 0 radical (unpaired) electrons. The summed E-state index contributed by atoms with van der Waals surface area (Å²) < 4.78 is 21.1. The van der Waals surface area contributed by atoms with E-state index in [0.717, 1.165) is 62.4 Å². The molecule has 14 heterocycles. The lowest BCUT2D eigenvalue weighted by molar-refractivity contribution is 0.0991. The molecule has 30 nitrogen and oxygen atoms in total. The number of hydrogen-bond donors (Lipinski definition) is 6. The Bertz CT molecular complexity index is 4020. The van der Waals surface area contributed by atoms with Crippen LogP contribution >= 0.6 is 0 Å². The molecule has 3 aliphatic rings. The Labute approximate surface area is 511 Å². The van der Waals surface area contributed by atoms with Gasteiger partial charge in [-0.15, -0.1) is 0 Å². The summed E-state index contributed by atoms with van der Waals surface area (Å²) in [5, 5.41) is 22.5. The number of primary amides is 3. The van der Waals surface area contributed by atoms with Gasteiger partial charge < -0.3 is 61.1 Å². The van der Waals surface area contributed by atoms with Gasteiger partial charge in [-0.2, -0.15) is 15.3 Å². The van der Waals surface area contributed by atoms with E-state index in [1.165, 1.54) is 101 Å². The van der Waals surface area contributed by atoms with Crippen LogP contribution in [0.15, 0.2) is 143 Å². The number of nitrogens with zero attached hydrogens (tertiary/aromatic N) is 18. The summed E-state index contributed by atoms with van der Waals surface area (Å²) >= 11 is 0. The SMILES string of the molecule is NC(=O)c1coc(-c2cnc(Nc3ccc(N4CCCCC4)cc3)c3ncnn23)c1.NC(=O)c1coc(-c2cnc(Nc3ccc(N4CCCCC4)nc3)c3ncnn23)c1.NC(=O)c1coc(-c2cnc(Nc3cnc(N4CCCCC4)nc3)c3ncnn23)c1. The third-order valence-corrected chi connectivity index (χ3v) is 15.4. The zero-order valence-electron chi connectivity index (χ0n) is 48.5. The topological polar surface area (TPSA) is 382 Å². The van der Waals surface area contributed by atoms with Crippen LogP contribution in [0.4, 0.5) is 52.0 Å². The molecule has 15 rings (SSSR count). The molecule has 90 heavy (non-hydrogen) atoms. The number of hydrogen-bond acceptors (Lipinski definition) is 24. The number of furan rings is 3. The first-order chi connectivity index (χ1) is 44.1. The molecule has 1 aromatic carbocycles. The first kappa shape index (κ1) is 57.2. The van der Waals surface area contributed by atoms with Gasteiger partial charge in [0.1, 0.15) is 60.7 Å². The average molecular weight is 1210 g/mol. The number of piperidine rings is 3. The number of aromatic nitrogens is 15. The number of benzene rings is 1. The summed E-state index contributed by atoms with van der Waals surface area (Å²) in [5.41, 5.74) is 23.6. The van der Waals surface area contributed by atoms with E-state index in [-0.39, 0.29) is 16.7 Å². The molecule has 0 bridgehead atoms. The summed E-state index contributed by atoms with van der Waals surface area (Å²) in [4.78, 5) is 80.8. The third kappa shape index (κ3) is 12.4. The van der Waals surface area contributed by atoms with Gasteiger partial charge in [0.05, 0.1) is 65.2 Å². The number of anilines is 9. The highest BCUT2D eigenvalue weighted by atomic mass is 16.3. The Kier molecular flexibility index (Phi) is 16.3. The summed E-state index contributed by atoms with van der Waals surface area (Å²) in [6, 6.07) is 17.0. The van der Waals surface area contributed by atoms with Crippen LogP contribution in [0.2, 0.25) is 0 Å². The molecule has 3 amide bonds. The van der Waals surface area contributed by atoms with Crippen LogP contribution in [0.5, 0.6) is 0 Å². The van der Waals surface area contributed by atoms with Crippen molar-refractivity contribution in [3.8, 4) is 34.4 Å². The monoisotopic (exact) mass is 1210 g/mol. The number of nitrogens with one attached hydrogen (secondary N) is 3. The minimum absolute atomic E-state index is 0.270. The first-order valence-electron chi connectivity index (χ1n) is 29.2. The number of nitrogens with two attached hydrogens (primary N) is 3. The van der Waals surface area contributed by atoms with Crippen molar-refractivity contribution in [3.63, 3.8) is 0 Å². The lowest BCUT2D eigenvalue weighted by Crippen LogP contribution is -2.30. The van der Waals surface area contributed by atoms with Gasteiger partial charge in [-0.25, -0.2) is 58.4 Å². The maximum atomic E-state index is 11.3. The van der Waals surface area contributed by atoms with E-state index in [2.05, 4.69) is 103 Å². The molecule has 456 valence electrons. The highest BCUT2D eigenvalue weighted by Crippen LogP contribution is 2.31. The Morgan fingerprint density at radius 3 is 1.17 bits per heavy atom. The van der Waals surface area contributed by atoms with Crippen molar-refractivity contribution in [2.24, 2.45) is 17.2 Å². The standard InChI is InChI=1S/C21H21N7O2.C20H20N8O2.C19H19N9O2/c22-19(29)14-10-18(30-12-14)17-11-23-20(21-24-13-25-28(17)21)26-15-4-6-16(7-5-15)27-8-2-1-3-9-27;21-18(29)13-8-16(30-11-13)15-10-23-19(20-24-12-25-28(15)20)26-14-4-5-17(22-9-14)27-6-2-1-3-7-27;20-16(29)12-6-15(30-10-12)14-9-21-17(18-24-11-25-28(14)18)26-13-7-22-19(23-8-13)27-4-2-1-3-5-27/h4-7,10-13H,1-3,8-9H2,(H2,22,29)(H,23,26);4-5,8-12H,1-3,6-7H2,(H2,21,29)(H,23,26);6-11H,1-5H2,(H2,20,29)(H,21,26). The fourth-order valence-electron chi connectivity index (χ4n) is 10.8. The van der Waals surface area contributed by atoms with Crippen molar-refractivity contribution < 1.29 is 27.6 Å². The number of carbonyl (C=O) groups excluding carboxylic acids is 3. The van der Waals surface area contributed by atoms with E-state index >= 15 is 0 Å². The molecule has 0 atom stereocenters. The third-order valence-electron chi connectivity index (χ3n) is 15.4. The number of carbonyl (C=O) groups is 3. The van der Waals surface area contributed by atoms with E-state index in [0.29, 0.717) is 74.4 Å². The lowest BCUT2D eigenvalue weighted by Gasteiger charge is -2.28. The fraction of sp³-hybridized carbons (Fsp3) is 0.250. The van der Waals surface area contributed by atoms with Crippen molar-refractivity contribution in [1.29, 1.82) is 0 Å². The van der Waals surface area contributed by atoms with Gasteiger partial charge in [0.25, 0.3) is 17.7 Å². The molecule has 0 saturated carbocycles. The minimum Gasteiger partial charge on any atom is -0.462 e. The summed E-state index contributed by atoms with van der Waals surface area (Å²) in [5.74, 6) is 2.90. The number of fused-ring (bicyclic) bond motifs is 3. The molecule has 3 aliphatic heterocycles. The van der Waals surface area contributed by atoms with Gasteiger partial charge in [0.2, 0.25) is 5.95 Å². The van der Waals surface area contributed by atoms with Gasteiger partial charge in [-0.05, 0) is 112 Å². The van der Waals surface area contributed by atoms with E-state index in [1.807, 2.05) is 24.3 Å². The number of amides is 3. The molecule has 9 N–H and O–H groups in total. The van der Waals surface area contributed by atoms with E-state index in [4.69, 9.17) is 30.5 Å². The maximum Gasteiger partial charge on any atom is 0.251 e. The van der Waals surface area contributed by atoms with Crippen LogP contribution in [0, 0.1) is 0 Å². The maximum absolute atomic E-state index is 11.3. The Morgan fingerprint density at radius 2 is 0.767 bits per heavy atom. The van der Waals surface area contributed by atoms with Gasteiger partial charge in [0, 0.05) is 50.6 Å². The number of pyridine rings is 1. The highest BCUT2D eigenvalue weighted by Gasteiger charge is 2.22. The van der Waals surface area contributed by atoms with Crippen LogP contribution in [-0.2, 0) is 0 Å². The van der Waals surface area contributed by atoms with Crippen LogP contribution < -0.4 is 47.9 Å². The van der Waals surface area contributed by atoms with Crippen molar-refractivity contribution in [2.75, 3.05) is 69.9 Å². The normalized spacial score (nSPS) is 14.2. The Hall–Kier alpha value is -11.9. The predicted octanol–water partition coefficient (Wildman–Crippen LogP) is 7.84. The van der Waals surface area contributed by atoms with Crippen molar-refractivity contribution in [2.45, 2.75) is 57.8 Å². The zero-order valence-corrected chi connectivity index (χ0v) is 48.5. The molecular weight excluding hydrogens is 1150 g/mol. The second-order valence-electron chi connectivity index (χ2n) is 21.4. The average Bonchev–Trinajstić information content (AvgIpc) is 1.78. The summed E-state index contributed by atoms with van der Waals surface area (Å²) in [7, 11) is 0. The van der Waals surface area contributed by atoms with Crippen molar-refractivity contribution >= 4 is 86.6 Å². The van der Waals surface area contributed by atoms with Gasteiger partial charge >= 0.3 is 0 Å². The molecule has 0 unspecified atom stereocenters. The summed E-state index contributed by atoms with van der Waals surface area (Å²) in [6.45, 7) is 6.29. The molecule has 3 fully saturated rings. The second-order valence-corrected chi connectivity index (χ2v) is 21.4. The van der Waals surface area contributed by atoms with E-state index in [9.17, 15) is 14.4 Å². The molecular formula is C60H60N24O6. The largest absolute Gasteiger partial charge is 0.462 e. The zero-order chi connectivity index (χ0) is 61.5. The fourth-order valence-corrected chi connectivity index (χ4v) is 10.8. The Morgan fingerprint density at radius 1 is 0.389 bits per heavy atom. The van der Waals surface area contributed by atoms with Gasteiger partial charge in [-0.1, -0.05) is 0 Å². The summed E-state index contributed by atoms with van der Waals surface area (Å²) in [6.07, 6.45) is 29.4. The van der Waals surface area contributed by atoms with Crippen molar-refractivity contribution in [1.82, 2.24) is 73.7 Å². The van der Waals surface area contributed by atoms with Crippen LogP contribution in [0.1, 0.15) is 88.9 Å². The minimum atomic E-state index is -0.570. The highest BCUT2D eigenvalue weighted by molar-refractivity contribution is 5.95. The quantitative estimate of drug-likeness (QED) is 0.0569. The Balaban J connectivity index is 0.000000124. The van der Waals surface area contributed by atoms with Crippen LogP contribution in [0.25, 0.3) is 51.3 Å². The van der Waals surface area contributed by atoms with Crippen LogP contribution in [0.3, 0.4) is 0 Å². The molecule has 30 heteroatoms. The molecule has 11 aromatic heterocycles. The molecule has 3 saturated heterocycles.